The van der Waals surface area contributed by atoms with E-state index in [1.54, 1.807) is 11.3 Å². The third-order valence-corrected chi connectivity index (χ3v) is 4.88. The van der Waals surface area contributed by atoms with Crippen molar-refractivity contribution in [3.05, 3.63) is 35.2 Å². The van der Waals surface area contributed by atoms with Gasteiger partial charge in [-0.1, -0.05) is 31.1 Å². The number of thiophene rings is 1. The lowest BCUT2D eigenvalue weighted by molar-refractivity contribution is 0.327. The van der Waals surface area contributed by atoms with Crippen molar-refractivity contribution in [3.63, 3.8) is 0 Å². The fourth-order valence-electron chi connectivity index (χ4n) is 2.70. The Morgan fingerprint density at radius 3 is 2.76 bits per heavy atom. The van der Waals surface area contributed by atoms with Crippen LogP contribution in [0.2, 0.25) is 0 Å². The zero-order chi connectivity index (χ0) is 17.6. The van der Waals surface area contributed by atoms with Crippen molar-refractivity contribution in [3.8, 4) is 22.2 Å². The fourth-order valence-corrected chi connectivity index (χ4v) is 3.55. The van der Waals surface area contributed by atoms with Gasteiger partial charge in [0.25, 0.3) is 5.89 Å². The molecule has 0 fully saturated rings. The molecule has 0 radical (unpaired) electrons. The lowest BCUT2D eigenvalue weighted by Crippen LogP contribution is -2.16. The third kappa shape index (κ3) is 3.07. The number of nitrogens with zero attached hydrogens (tertiary/aromatic N) is 5. The Hall–Kier alpha value is -2.54. The predicted molar refractivity (Wildman–Crippen MR) is 98.3 cm³/mol. The number of fused-ring (bicyclic) bond motifs is 1. The minimum atomic E-state index is 0.139. The Labute approximate surface area is 149 Å². The van der Waals surface area contributed by atoms with Crippen LogP contribution in [0.5, 0.6) is 0 Å². The highest BCUT2D eigenvalue weighted by Gasteiger charge is 2.17. The predicted octanol–water partition coefficient (Wildman–Crippen LogP) is 4.56. The van der Waals surface area contributed by atoms with Gasteiger partial charge in [0.05, 0.1) is 10.4 Å². The van der Waals surface area contributed by atoms with Gasteiger partial charge in [-0.15, -0.1) is 16.4 Å². The van der Waals surface area contributed by atoms with Crippen LogP contribution in [0.25, 0.3) is 33.2 Å². The number of hydrogen-bond acceptors (Lipinski definition) is 6. The van der Waals surface area contributed by atoms with Gasteiger partial charge < -0.3 is 4.52 Å². The van der Waals surface area contributed by atoms with Gasteiger partial charge in [0, 0.05) is 12.1 Å². The van der Waals surface area contributed by atoms with Crippen molar-refractivity contribution in [1.82, 2.24) is 25.1 Å². The van der Waals surface area contributed by atoms with Crippen molar-refractivity contribution in [2.45, 2.75) is 34.2 Å². The highest BCUT2D eigenvalue weighted by atomic mass is 32.1. The lowest BCUT2D eigenvalue weighted by Gasteiger charge is -2.17. The largest absolute Gasteiger partial charge is 0.333 e. The summed E-state index contributed by atoms with van der Waals surface area (Å²) in [6.07, 6.45) is 0. The third-order valence-electron chi connectivity index (χ3n) is 3.88. The molecule has 3 heterocycles. The molecule has 1 aromatic carbocycles. The van der Waals surface area contributed by atoms with Gasteiger partial charge in [-0.25, -0.2) is 4.68 Å². The Balaban J connectivity index is 1.69. The van der Waals surface area contributed by atoms with E-state index < -0.39 is 0 Å². The van der Waals surface area contributed by atoms with E-state index in [1.807, 2.05) is 41.3 Å². The normalized spacial score (nSPS) is 12.2. The molecule has 0 bridgehead atoms. The Morgan fingerprint density at radius 2 is 2.04 bits per heavy atom. The molecular formula is C18H19N5OS. The van der Waals surface area contributed by atoms with Crippen LogP contribution in [0, 0.1) is 12.3 Å². The summed E-state index contributed by atoms with van der Waals surface area (Å²) in [7, 11) is 0. The van der Waals surface area contributed by atoms with E-state index in [1.165, 1.54) is 0 Å². The minimum absolute atomic E-state index is 0.139. The van der Waals surface area contributed by atoms with Crippen molar-refractivity contribution >= 4 is 22.4 Å². The van der Waals surface area contributed by atoms with E-state index in [0.29, 0.717) is 11.7 Å². The second kappa shape index (κ2) is 5.77. The number of benzene rings is 1. The lowest BCUT2D eigenvalue weighted by atomic mass is 9.97. The summed E-state index contributed by atoms with van der Waals surface area (Å²) in [6, 6.07) is 8.00. The van der Waals surface area contributed by atoms with Gasteiger partial charge >= 0.3 is 0 Å². The molecule has 4 aromatic rings. The number of rotatable bonds is 3. The topological polar surface area (TPSA) is 69.6 Å². The second-order valence-electron chi connectivity index (χ2n) is 7.37. The highest BCUT2D eigenvalue weighted by molar-refractivity contribution is 7.13. The average molecular weight is 353 g/mol. The molecule has 0 saturated heterocycles. The van der Waals surface area contributed by atoms with Crippen LogP contribution < -0.4 is 0 Å². The van der Waals surface area contributed by atoms with Crippen molar-refractivity contribution in [2.24, 2.45) is 5.41 Å². The molecule has 0 unspecified atom stereocenters. The Morgan fingerprint density at radius 1 is 1.20 bits per heavy atom. The molecule has 25 heavy (non-hydrogen) atoms. The van der Waals surface area contributed by atoms with Gasteiger partial charge in [-0.2, -0.15) is 4.98 Å². The van der Waals surface area contributed by atoms with Gasteiger partial charge in [0.15, 0.2) is 0 Å². The first-order chi connectivity index (χ1) is 11.9. The summed E-state index contributed by atoms with van der Waals surface area (Å²) in [5, 5.41) is 14.7. The number of aromatic nitrogens is 5. The molecule has 0 aliphatic rings. The van der Waals surface area contributed by atoms with Crippen LogP contribution in [0.1, 0.15) is 26.3 Å². The van der Waals surface area contributed by atoms with Crippen molar-refractivity contribution in [2.75, 3.05) is 0 Å². The molecule has 0 aliphatic heterocycles. The van der Waals surface area contributed by atoms with Crippen molar-refractivity contribution in [1.29, 1.82) is 0 Å². The van der Waals surface area contributed by atoms with Crippen LogP contribution in [-0.2, 0) is 6.54 Å². The summed E-state index contributed by atoms with van der Waals surface area (Å²) < 4.78 is 7.38. The SMILES string of the molecule is Cc1ccsc1-c1nc(-c2ccc3c(c2)nnn3CC(C)(C)C)no1. The summed E-state index contributed by atoms with van der Waals surface area (Å²) >= 11 is 1.60. The van der Waals surface area contributed by atoms with Gasteiger partial charge in [0.2, 0.25) is 5.82 Å². The van der Waals surface area contributed by atoms with Crippen LogP contribution in [0.4, 0.5) is 0 Å². The number of aryl methyl sites for hydroxylation is 1. The average Bonchev–Trinajstić information content (AvgIpc) is 3.25. The molecule has 0 spiro atoms. The molecular weight excluding hydrogens is 334 g/mol. The van der Waals surface area contributed by atoms with Gasteiger partial charge in [-0.05, 0) is 47.5 Å². The molecule has 0 amide bonds. The quantitative estimate of drug-likeness (QED) is 0.540. The Bertz CT molecular complexity index is 1040. The maximum Gasteiger partial charge on any atom is 0.268 e. The van der Waals surface area contributed by atoms with Gasteiger partial charge in [0.1, 0.15) is 5.52 Å². The summed E-state index contributed by atoms with van der Waals surface area (Å²) in [5.74, 6) is 1.12. The first-order valence-electron chi connectivity index (χ1n) is 8.12. The van der Waals surface area contributed by atoms with Crippen LogP contribution in [-0.4, -0.2) is 25.1 Å². The number of hydrogen-bond donors (Lipinski definition) is 0. The zero-order valence-corrected chi connectivity index (χ0v) is 15.5. The van der Waals surface area contributed by atoms with E-state index in [9.17, 15) is 0 Å². The molecule has 6 nitrogen and oxygen atoms in total. The molecule has 0 N–H and O–H groups in total. The van der Waals surface area contributed by atoms with Crippen molar-refractivity contribution < 1.29 is 4.52 Å². The summed E-state index contributed by atoms with van der Waals surface area (Å²) in [5.41, 5.74) is 4.00. The van der Waals surface area contributed by atoms with E-state index >= 15 is 0 Å². The maximum absolute atomic E-state index is 5.44. The molecule has 128 valence electrons. The van der Waals surface area contributed by atoms with Crippen LogP contribution in [0.15, 0.2) is 34.2 Å². The van der Waals surface area contributed by atoms with E-state index in [2.05, 4.69) is 41.2 Å². The first kappa shape index (κ1) is 16.0. The fraction of sp³-hybridized carbons (Fsp3) is 0.333. The molecule has 0 aliphatic carbocycles. The van der Waals surface area contributed by atoms with Gasteiger partial charge in [-0.3, -0.25) is 0 Å². The summed E-state index contributed by atoms with van der Waals surface area (Å²) in [4.78, 5) is 5.54. The van der Waals surface area contributed by atoms with Crippen LogP contribution >= 0.6 is 11.3 Å². The monoisotopic (exact) mass is 353 g/mol. The van der Waals surface area contributed by atoms with Crippen LogP contribution in [0.3, 0.4) is 0 Å². The van der Waals surface area contributed by atoms with E-state index in [0.717, 1.165) is 33.6 Å². The molecule has 3 aromatic heterocycles. The molecule has 4 rings (SSSR count). The van der Waals surface area contributed by atoms with E-state index in [-0.39, 0.29) is 5.41 Å². The first-order valence-corrected chi connectivity index (χ1v) is 9.00. The molecule has 7 heteroatoms. The molecule has 0 saturated carbocycles. The Kier molecular flexibility index (Phi) is 3.68. The summed E-state index contributed by atoms with van der Waals surface area (Å²) in [6.45, 7) is 9.40. The minimum Gasteiger partial charge on any atom is -0.333 e. The standard InChI is InChI=1S/C18H19N5OS/c1-11-7-8-25-15(11)17-19-16(21-24-17)12-5-6-14-13(9-12)20-22-23(14)10-18(2,3)4/h5-9H,10H2,1-4H3. The maximum atomic E-state index is 5.44. The smallest absolute Gasteiger partial charge is 0.268 e. The zero-order valence-electron chi connectivity index (χ0n) is 14.6. The molecule has 0 atom stereocenters. The highest BCUT2D eigenvalue weighted by Crippen LogP contribution is 2.30. The second-order valence-corrected chi connectivity index (χ2v) is 8.28. The van der Waals surface area contributed by atoms with E-state index in [4.69, 9.17) is 4.52 Å².